The Balaban J connectivity index is 2.17. The lowest BCUT2D eigenvalue weighted by Gasteiger charge is -2.09. The Morgan fingerprint density at radius 2 is 1.85 bits per heavy atom. The molecule has 0 aliphatic rings. The summed E-state index contributed by atoms with van der Waals surface area (Å²) in [4.78, 5) is 10.3. The van der Waals surface area contributed by atoms with Crippen LogP contribution in [0, 0.1) is 10.1 Å². The quantitative estimate of drug-likeness (QED) is 0.584. The molecule has 4 nitrogen and oxygen atoms in total. The van der Waals surface area contributed by atoms with Crippen LogP contribution in [-0.2, 0) is 6.54 Å². The summed E-state index contributed by atoms with van der Waals surface area (Å²) < 4.78 is 0.895. The molecule has 0 unspecified atom stereocenters. The fourth-order valence-electron chi connectivity index (χ4n) is 1.64. The summed E-state index contributed by atoms with van der Waals surface area (Å²) in [5.41, 5.74) is 1.39. The lowest BCUT2D eigenvalue weighted by molar-refractivity contribution is -0.384. The van der Waals surface area contributed by atoms with E-state index in [-0.39, 0.29) is 10.7 Å². The number of nitro benzene ring substituents is 1. The molecule has 0 aliphatic heterocycles. The van der Waals surface area contributed by atoms with E-state index in [0.29, 0.717) is 11.6 Å². The molecule has 0 aliphatic carbocycles. The van der Waals surface area contributed by atoms with E-state index < -0.39 is 4.92 Å². The smallest absolute Gasteiger partial charge is 0.288 e. The van der Waals surface area contributed by atoms with Crippen molar-refractivity contribution in [2.45, 2.75) is 6.54 Å². The Bertz CT molecular complexity index is 665. The van der Waals surface area contributed by atoms with Gasteiger partial charge in [-0.05, 0) is 29.8 Å². The molecule has 7 heteroatoms. The first kappa shape index (κ1) is 15.1. The maximum Gasteiger partial charge on any atom is 0.288 e. The van der Waals surface area contributed by atoms with Crippen LogP contribution in [0.5, 0.6) is 0 Å². The van der Waals surface area contributed by atoms with Crippen LogP contribution >= 0.6 is 39.1 Å². The summed E-state index contributed by atoms with van der Waals surface area (Å²) >= 11 is 15.2. The van der Waals surface area contributed by atoms with Crippen LogP contribution in [0.4, 0.5) is 11.4 Å². The molecule has 0 heterocycles. The highest BCUT2D eigenvalue weighted by molar-refractivity contribution is 9.10. The summed E-state index contributed by atoms with van der Waals surface area (Å²) in [6.45, 7) is 0.411. The van der Waals surface area contributed by atoms with Crippen molar-refractivity contribution >= 4 is 50.5 Å². The van der Waals surface area contributed by atoms with Crippen molar-refractivity contribution in [2.24, 2.45) is 0 Å². The van der Waals surface area contributed by atoms with Gasteiger partial charge in [0.25, 0.3) is 5.69 Å². The van der Waals surface area contributed by atoms with E-state index >= 15 is 0 Å². The minimum Gasteiger partial charge on any atom is -0.380 e. The number of hydrogen-bond donors (Lipinski definition) is 1. The molecule has 0 atom stereocenters. The molecule has 0 fully saturated rings. The topological polar surface area (TPSA) is 55.2 Å². The molecule has 0 saturated carbocycles. The van der Waals surface area contributed by atoms with Gasteiger partial charge in [-0.25, -0.2) is 0 Å². The molecule has 0 bridgehead atoms. The van der Waals surface area contributed by atoms with E-state index in [1.807, 2.05) is 12.1 Å². The molecule has 104 valence electrons. The first-order chi connectivity index (χ1) is 9.47. The van der Waals surface area contributed by atoms with E-state index in [1.165, 1.54) is 12.1 Å². The lowest BCUT2D eigenvalue weighted by atomic mass is 10.2. The molecule has 20 heavy (non-hydrogen) atoms. The van der Waals surface area contributed by atoms with Gasteiger partial charge in [0.05, 0.1) is 15.6 Å². The SMILES string of the molecule is O=[N+]([O-])c1cc(CNc2cc(Br)ccc2Cl)ccc1Cl. The van der Waals surface area contributed by atoms with E-state index in [9.17, 15) is 10.1 Å². The molecular formula is C13H9BrCl2N2O2. The van der Waals surface area contributed by atoms with Gasteiger partial charge < -0.3 is 5.32 Å². The molecule has 1 N–H and O–H groups in total. The Hall–Kier alpha value is -1.30. The molecule has 2 aromatic rings. The zero-order chi connectivity index (χ0) is 14.7. The number of anilines is 1. The van der Waals surface area contributed by atoms with Crippen LogP contribution in [0.25, 0.3) is 0 Å². The van der Waals surface area contributed by atoms with Crippen LogP contribution in [0.3, 0.4) is 0 Å². The molecule has 0 saturated heterocycles. The summed E-state index contributed by atoms with van der Waals surface area (Å²) in [7, 11) is 0. The fraction of sp³-hybridized carbons (Fsp3) is 0.0769. The van der Waals surface area contributed by atoms with Gasteiger partial charge >= 0.3 is 0 Å². The molecule has 2 aromatic carbocycles. The Kier molecular flexibility index (Phi) is 4.86. The van der Waals surface area contributed by atoms with Gasteiger partial charge in [-0.2, -0.15) is 0 Å². The third-order valence-electron chi connectivity index (χ3n) is 2.62. The zero-order valence-corrected chi connectivity index (χ0v) is 13.2. The second-order valence-corrected chi connectivity index (χ2v) is 5.75. The van der Waals surface area contributed by atoms with Crippen LogP contribution in [-0.4, -0.2) is 4.92 Å². The standard InChI is InChI=1S/C13H9BrCl2N2O2/c14-9-2-4-10(15)12(6-9)17-7-8-1-3-11(16)13(5-8)18(19)20/h1-6,17H,7H2. The van der Waals surface area contributed by atoms with Crippen molar-refractivity contribution in [2.75, 3.05) is 5.32 Å². The Labute approximate surface area is 134 Å². The molecule has 2 rings (SSSR count). The number of benzene rings is 2. The van der Waals surface area contributed by atoms with Gasteiger partial charge in [0, 0.05) is 17.1 Å². The zero-order valence-electron chi connectivity index (χ0n) is 10.1. The largest absolute Gasteiger partial charge is 0.380 e. The van der Waals surface area contributed by atoms with Crippen molar-refractivity contribution in [3.63, 3.8) is 0 Å². The first-order valence-electron chi connectivity index (χ1n) is 5.59. The van der Waals surface area contributed by atoms with Crippen molar-refractivity contribution < 1.29 is 4.92 Å². The van der Waals surface area contributed by atoms with E-state index in [1.54, 1.807) is 12.1 Å². The Morgan fingerprint density at radius 3 is 2.55 bits per heavy atom. The summed E-state index contributed by atoms with van der Waals surface area (Å²) in [6.07, 6.45) is 0. The highest BCUT2D eigenvalue weighted by Crippen LogP contribution is 2.28. The number of nitro groups is 1. The number of rotatable bonds is 4. The summed E-state index contributed by atoms with van der Waals surface area (Å²) in [5, 5.41) is 14.7. The van der Waals surface area contributed by atoms with E-state index in [2.05, 4.69) is 21.2 Å². The highest BCUT2D eigenvalue weighted by Gasteiger charge is 2.12. The predicted molar refractivity (Wildman–Crippen MR) is 84.6 cm³/mol. The highest BCUT2D eigenvalue weighted by atomic mass is 79.9. The van der Waals surface area contributed by atoms with Crippen molar-refractivity contribution in [3.8, 4) is 0 Å². The van der Waals surface area contributed by atoms with Crippen molar-refractivity contribution in [1.82, 2.24) is 0 Å². The van der Waals surface area contributed by atoms with Gasteiger partial charge in [-0.1, -0.05) is 45.2 Å². The summed E-state index contributed by atoms with van der Waals surface area (Å²) in [6, 6.07) is 10.1. The predicted octanol–water partition coefficient (Wildman–Crippen LogP) is 5.28. The molecule has 0 spiro atoms. The van der Waals surface area contributed by atoms with Crippen LogP contribution in [0.15, 0.2) is 40.9 Å². The number of nitrogens with zero attached hydrogens (tertiary/aromatic N) is 1. The van der Waals surface area contributed by atoms with Gasteiger partial charge in [-0.15, -0.1) is 0 Å². The Morgan fingerprint density at radius 1 is 1.15 bits per heavy atom. The number of nitrogens with one attached hydrogen (secondary N) is 1. The third-order valence-corrected chi connectivity index (χ3v) is 3.76. The second kappa shape index (κ2) is 6.43. The monoisotopic (exact) mass is 374 g/mol. The third kappa shape index (κ3) is 3.62. The van der Waals surface area contributed by atoms with Crippen molar-refractivity contribution in [1.29, 1.82) is 0 Å². The normalized spacial score (nSPS) is 10.3. The molecule has 0 aromatic heterocycles. The van der Waals surface area contributed by atoms with Gasteiger partial charge in [0.1, 0.15) is 5.02 Å². The maximum absolute atomic E-state index is 10.8. The molecule has 0 radical (unpaired) electrons. The number of hydrogen-bond acceptors (Lipinski definition) is 3. The van der Waals surface area contributed by atoms with Crippen LogP contribution < -0.4 is 5.32 Å². The number of halogens is 3. The average molecular weight is 376 g/mol. The van der Waals surface area contributed by atoms with Gasteiger partial charge in [0.15, 0.2) is 0 Å². The fourth-order valence-corrected chi connectivity index (χ4v) is 2.37. The minimum absolute atomic E-state index is 0.105. The molecule has 0 amide bonds. The maximum atomic E-state index is 10.8. The van der Waals surface area contributed by atoms with Crippen LogP contribution in [0.2, 0.25) is 10.0 Å². The molecular weight excluding hydrogens is 367 g/mol. The van der Waals surface area contributed by atoms with Gasteiger partial charge in [0.2, 0.25) is 0 Å². The average Bonchev–Trinajstić information content (AvgIpc) is 2.41. The van der Waals surface area contributed by atoms with Crippen LogP contribution in [0.1, 0.15) is 5.56 Å². The minimum atomic E-state index is -0.502. The van der Waals surface area contributed by atoms with Crippen molar-refractivity contribution in [3.05, 3.63) is 66.6 Å². The first-order valence-corrected chi connectivity index (χ1v) is 7.14. The van der Waals surface area contributed by atoms with Gasteiger partial charge in [-0.3, -0.25) is 10.1 Å². The second-order valence-electron chi connectivity index (χ2n) is 4.02. The summed E-state index contributed by atoms with van der Waals surface area (Å²) in [5.74, 6) is 0. The van der Waals surface area contributed by atoms with E-state index in [0.717, 1.165) is 15.7 Å². The van der Waals surface area contributed by atoms with E-state index in [4.69, 9.17) is 23.2 Å². The lowest BCUT2D eigenvalue weighted by Crippen LogP contribution is -2.01.